The summed E-state index contributed by atoms with van der Waals surface area (Å²) in [6, 6.07) is 7.18. The fourth-order valence-corrected chi connectivity index (χ4v) is 1.38. The molecule has 0 aliphatic rings. The maximum absolute atomic E-state index is 11.6. The predicted molar refractivity (Wildman–Crippen MR) is 65.9 cm³/mol. The molecule has 94 valence electrons. The number of hydrogen-bond donors (Lipinski definition) is 1. The third-order valence-corrected chi connectivity index (χ3v) is 2.62. The van der Waals surface area contributed by atoms with Crippen LogP contribution in [0.25, 0.3) is 0 Å². The van der Waals surface area contributed by atoms with Crippen LogP contribution in [0, 0.1) is 0 Å². The van der Waals surface area contributed by atoms with Crippen LogP contribution in [0.5, 0.6) is 5.75 Å². The minimum atomic E-state index is -0.606. The molecule has 0 bridgehead atoms. The molecule has 0 aromatic heterocycles. The van der Waals surface area contributed by atoms with E-state index >= 15 is 0 Å². The van der Waals surface area contributed by atoms with Crippen LogP contribution < -0.4 is 4.74 Å². The average Bonchev–Trinajstić information content (AvgIpc) is 2.35. The Balaban J connectivity index is 2.66. The summed E-state index contributed by atoms with van der Waals surface area (Å²) >= 11 is 0. The Kier molecular flexibility index (Phi) is 4.97. The number of aliphatic hydroxyl groups excluding tert-OH is 1. The van der Waals surface area contributed by atoms with E-state index in [2.05, 4.69) is 0 Å². The van der Waals surface area contributed by atoms with Crippen molar-refractivity contribution in [1.82, 2.24) is 4.90 Å². The molecule has 0 saturated carbocycles. The maximum atomic E-state index is 11.6. The van der Waals surface area contributed by atoms with Gasteiger partial charge in [0.1, 0.15) is 5.75 Å². The summed E-state index contributed by atoms with van der Waals surface area (Å²) in [7, 11) is 1.73. The molecule has 1 N–H and O–H groups in total. The van der Waals surface area contributed by atoms with E-state index in [9.17, 15) is 9.90 Å². The van der Waals surface area contributed by atoms with E-state index in [1.807, 2.05) is 19.1 Å². The first-order valence-corrected chi connectivity index (χ1v) is 5.70. The second kappa shape index (κ2) is 6.25. The van der Waals surface area contributed by atoms with Crippen molar-refractivity contribution < 1.29 is 14.6 Å². The lowest BCUT2D eigenvalue weighted by atomic mass is 10.1. The largest absolute Gasteiger partial charge is 0.483 e. The van der Waals surface area contributed by atoms with E-state index in [-0.39, 0.29) is 12.5 Å². The van der Waals surface area contributed by atoms with Crippen LogP contribution in [-0.4, -0.2) is 36.1 Å². The molecule has 0 aliphatic carbocycles. The Morgan fingerprint density at radius 1 is 1.47 bits per heavy atom. The Labute approximate surface area is 102 Å². The molecule has 1 aromatic carbocycles. The molecular weight excluding hydrogens is 218 g/mol. The minimum Gasteiger partial charge on any atom is -0.483 e. The van der Waals surface area contributed by atoms with Gasteiger partial charge in [-0.25, -0.2) is 0 Å². The molecule has 1 aromatic rings. The Hall–Kier alpha value is -1.55. The van der Waals surface area contributed by atoms with E-state index < -0.39 is 6.10 Å². The summed E-state index contributed by atoms with van der Waals surface area (Å²) in [5.41, 5.74) is 0.694. The molecule has 0 heterocycles. The van der Waals surface area contributed by atoms with Crippen LogP contribution >= 0.6 is 0 Å². The van der Waals surface area contributed by atoms with Crippen LogP contribution in [0.2, 0.25) is 0 Å². The average molecular weight is 237 g/mol. The molecule has 1 atom stereocenters. The highest BCUT2D eigenvalue weighted by Crippen LogP contribution is 2.24. The van der Waals surface area contributed by atoms with E-state index in [0.29, 0.717) is 17.9 Å². The second-order valence-corrected chi connectivity index (χ2v) is 3.91. The summed E-state index contributed by atoms with van der Waals surface area (Å²) in [4.78, 5) is 13.2. The second-order valence-electron chi connectivity index (χ2n) is 3.91. The van der Waals surface area contributed by atoms with Gasteiger partial charge in [-0.3, -0.25) is 4.79 Å². The summed E-state index contributed by atoms with van der Waals surface area (Å²) in [6.45, 7) is 4.22. The van der Waals surface area contributed by atoms with Gasteiger partial charge in [0.2, 0.25) is 0 Å². The van der Waals surface area contributed by atoms with Crippen molar-refractivity contribution >= 4 is 5.91 Å². The molecule has 1 rings (SSSR count). The minimum absolute atomic E-state index is 0.00588. The summed E-state index contributed by atoms with van der Waals surface area (Å²) in [5, 5.41) is 9.55. The van der Waals surface area contributed by atoms with Crippen molar-refractivity contribution in [3.05, 3.63) is 29.8 Å². The van der Waals surface area contributed by atoms with Crippen LogP contribution in [0.3, 0.4) is 0 Å². The number of amides is 1. The van der Waals surface area contributed by atoms with Crippen molar-refractivity contribution in [1.29, 1.82) is 0 Å². The van der Waals surface area contributed by atoms with E-state index in [1.165, 1.54) is 0 Å². The highest BCUT2D eigenvalue weighted by atomic mass is 16.5. The first kappa shape index (κ1) is 13.5. The first-order chi connectivity index (χ1) is 8.06. The molecule has 4 nitrogen and oxygen atoms in total. The lowest BCUT2D eigenvalue weighted by Crippen LogP contribution is -2.31. The summed E-state index contributed by atoms with van der Waals surface area (Å²) < 4.78 is 5.43. The topological polar surface area (TPSA) is 49.8 Å². The summed E-state index contributed by atoms with van der Waals surface area (Å²) in [5.74, 6) is 0.480. The predicted octanol–water partition coefficient (Wildman–Crippen LogP) is 1.60. The maximum Gasteiger partial charge on any atom is 0.260 e. The highest BCUT2D eigenvalue weighted by molar-refractivity contribution is 5.77. The van der Waals surface area contributed by atoms with Crippen LogP contribution in [0.4, 0.5) is 0 Å². The fourth-order valence-electron chi connectivity index (χ4n) is 1.38. The van der Waals surface area contributed by atoms with Crippen LogP contribution in [0.15, 0.2) is 24.3 Å². The Bertz CT molecular complexity index is 377. The highest BCUT2D eigenvalue weighted by Gasteiger charge is 2.11. The number of rotatable bonds is 5. The van der Waals surface area contributed by atoms with Crippen molar-refractivity contribution in [3.63, 3.8) is 0 Å². The fraction of sp³-hybridized carbons (Fsp3) is 0.462. The third kappa shape index (κ3) is 3.75. The molecule has 0 unspecified atom stereocenters. The van der Waals surface area contributed by atoms with Crippen molar-refractivity contribution in [2.75, 3.05) is 20.2 Å². The number of benzene rings is 1. The molecule has 0 radical (unpaired) electrons. The standard InChI is InChI=1S/C13H19NO3/c1-4-14(3)13(16)9-17-12-8-6-5-7-11(12)10(2)15/h5-8,10,15H,4,9H2,1-3H3/t10-/m0/s1. The zero-order chi connectivity index (χ0) is 12.8. The van der Waals surface area contributed by atoms with Gasteiger partial charge in [0.15, 0.2) is 6.61 Å². The normalized spacial score (nSPS) is 12.0. The quantitative estimate of drug-likeness (QED) is 0.846. The number of ether oxygens (including phenoxy) is 1. The molecule has 17 heavy (non-hydrogen) atoms. The van der Waals surface area contributed by atoms with Crippen LogP contribution in [0.1, 0.15) is 25.5 Å². The van der Waals surface area contributed by atoms with Gasteiger partial charge in [0.25, 0.3) is 5.91 Å². The molecular formula is C13H19NO3. The zero-order valence-corrected chi connectivity index (χ0v) is 10.5. The van der Waals surface area contributed by atoms with Crippen LogP contribution in [-0.2, 0) is 4.79 Å². The van der Waals surface area contributed by atoms with Gasteiger partial charge >= 0.3 is 0 Å². The SMILES string of the molecule is CCN(C)C(=O)COc1ccccc1[C@H](C)O. The van der Waals surface area contributed by atoms with Crippen molar-refractivity contribution in [3.8, 4) is 5.75 Å². The lowest BCUT2D eigenvalue weighted by molar-refractivity contribution is -0.131. The van der Waals surface area contributed by atoms with Crippen molar-refractivity contribution in [2.24, 2.45) is 0 Å². The van der Waals surface area contributed by atoms with Gasteiger partial charge in [-0.15, -0.1) is 0 Å². The Morgan fingerprint density at radius 3 is 2.71 bits per heavy atom. The lowest BCUT2D eigenvalue weighted by Gasteiger charge is -2.17. The number of likely N-dealkylation sites (N-methyl/N-ethyl adjacent to an activating group) is 1. The first-order valence-electron chi connectivity index (χ1n) is 5.70. The zero-order valence-electron chi connectivity index (χ0n) is 10.5. The molecule has 4 heteroatoms. The molecule has 1 amide bonds. The third-order valence-electron chi connectivity index (χ3n) is 2.62. The molecule has 0 spiro atoms. The number of hydrogen-bond acceptors (Lipinski definition) is 3. The van der Waals surface area contributed by atoms with Crippen molar-refractivity contribution in [2.45, 2.75) is 20.0 Å². The Morgan fingerprint density at radius 2 is 2.12 bits per heavy atom. The molecule has 0 fully saturated rings. The van der Waals surface area contributed by atoms with E-state index in [4.69, 9.17) is 4.74 Å². The number of carbonyl (C=O) groups is 1. The number of carbonyl (C=O) groups excluding carboxylic acids is 1. The van der Waals surface area contributed by atoms with Gasteiger partial charge in [0.05, 0.1) is 6.10 Å². The van der Waals surface area contributed by atoms with Gasteiger partial charge in [-0.05, 0) is 19.9 Å². The molecule has 0 aliphatic heterocycles. The number of nitrogens with zero attached hydrogens (tertiary/aromatic N) is 1. The van der Waals surface area contributed by atoms with Gasteiger partial charge in [-0.1, -0.05) is 18.2 Å². The molecule has 0 saturated heterocycles. The van der Waals surface area contributed by atoms with Gasteiger partial charge in [0, 0.05) is 19.2 Å². The van der Waals surface area contributed by atoms with E-state index in [1.54, 1.807) is 31.0 Å². The number of aliphatic hydroxyl groups is 1. The van der Waals surface area contributed by atoms with E-state index in [0.717, 1.165) is 0 Å². The smallest absolute Gasteiger partial charge is 0.260 e. The number of para-hydroxylation sites is 1. The monoisotopic (exact) mass is 237 g/mol. The van der Waals surface area contributed by atoms with Gasteiger partial charge < -0.3 is 14.7 Å². The summed E-state index contributed by atoms with van der Waals surface area (Å²) in [6.07, 6.45) is -0.606. The van der Waals surface area contributed by atoms with Gasteiger partial charge in [-0.2, -0.15) is 0 Å².